The molecule has 5 nitrogen and oxygen atoms in total. The predicted octanol–water partition coefficient (Wildman–Crippen LogP) is 1.73. The number of halogens is 1. The Morgan fingerprint density at radius 3 is 3.07 bits per heavy atom. The highest BCUT2D eigenvalue weighted by Gasteiger charge is 2.47. The highest BCUT2D eigenvalue weighted by Crippen LogP contribution is 2.51. The van der Waals surface area contributed by atoms with Crippen molar-refractivity contribution in [1.29, 1.82) is 0 Å². The molecule has 3 atom stereocenters. The van der Waals surface area contributed by atoms with Crippen molar-refractivity contribution in [2.24, 2.45) is 10.9 Å². The van der Waals surface area contributed by atoms with E-state index in [0.29, 0.717) is 17.3 Å². The fourth-order valence-corrected chi connectivity index (χ4v) is 3.50. The summed E-state index contributed by atoms with van der Waals surface area (Å²) in [6, 6.07) is 0. The number of aliphatic imine (C=N–C) groups is 1. The minimum absolute atomic E-state index is 0.285. The van der Waals surface area contributed by atoms with Gasteiger partial charge in [-0.15, -0.1) is 0 Å². The molecule has 0 bridgehead atoms. The van der Waals surface area contributed by atoms with E-state index in [-0.39, 0.29) is 5.92 Å². The van der Waals surface area contributed by atoms with E-state index >= 15 is 0 Å². The summed E-state index contributed by atoms with van der Waals surface area (Å²) < 4.78 is 14.4. The lowest BCUT2D eigenvalue weighted by molar-refractivity contribution is 0.222. The first-order valence-electron chi connectivity index (χ1n) is 4.47. The Hall–Kier alpha value is -1.37. The normalized spacial score (nSPS) is 34.7. The molecule has 0 aromatic carbocycles. The molecule has 0 radical (unpaired) electrons. The van der Waals surface area contributed by atoms with Crippen LogP contribution in [0.25, 0.3) is 0 Å². The van der Waals surface area contributed by atoms with E-state index in [1.54, 1.807) is 0 Å². The Labute approximate surface area is 87.1 Å². The third-order valence-corrected chi connectivity index (χ3v) is 4.45. The van der Waals surface area contributed by atoms with Crippen LogP contribution in [-0.2, 0) is 0 Å². The number of aromatic nitrogens is 2. The molecule has 1 aliphatic heterocycles. The summed E-state index contributed by atoms with van der Waals surface area (Å²) in [4.78, 5) is 19.1. The van der Waals surface area contributed by atoms with Gasteiger partial charge in [0.05, 0.1) is 11.2 Å². The largest absolute Gasteiger partial charge is 0.473 e. The number of fused-ring (bicyclic) bond motifs is 1. The Bertz CT molecular complexity index is 472. The summed E-state index contributed by atoms with van der Waals surface area (Å²) in [5, 5.41) is 8.63. The number of alkyl halides is 1. The number of rotatable bonds is 1. The van der Waals surface area contributed by atoms with Crippen molar-refractivity contribution in [3.8, 4) is 0 Å². The molecule has 1 fully saturated rings. The third-order valence-electron chi connectivity index (χ3n) is 2.49. The van der Waals surface area contributed by atoms with Crippen LogP contribution >= 0.6 is 11.1 Å². The van der Waals surface area contributed by atoms with Gasteiger partial charge in [0.2, 0.25) is 0 Å². The lowest BCUT2D eigenvalue weighted by Gasteiger charge is -2.13. The fraction of sp³-hybridized carbons (Fsp3) is 0.375. The highest BCUT2D eigenvalue weighted by molar-refractivity contribution is 8.40. The van der Waals surface area contributed by atoms with Crippen molar-refractivity contribution in [2.75, 3.05) is 0 Å². The van der Waals surface area contributed by atoms with Crippen molar-refractivity contribution < 1.29 is 14.3 Å². The van der Waals surface area contributed by atoms with E-state index in [9.17, 15) is 9.18 Å². The van der Waals surface area contributed by atoms with Gasteiger partial charge in [-0.1, -0.05) is 0 Å². The van der Waals surface area contributed by atoms with Gasteiger partial charge >= 0.3 is 5.30 Å². The van der Waals surface area contributed by atoms with Crippen LogP contribution in [0.15, 0.2) is 17.5 Å². The maximum Gasteiger partial charge on any atom is 0.367 e. The standard InChI is InChI=1S/C8H8FN3O2S/c9-5-1-4(5)7-11-6-2-10-3-12(6)15(7)8(13)14/h2-5,15H,1H2,(H,13,14)/t4-,5+/m1/s1. The minimum atomic E-state index is -1.57. The number of thiol groups is 1. The molecular formula is C8H8FN3O2S. The van der Waals surface area contributed by atoms with Crippen LogP contribution in [0.4, 0.5) is 15.0 Å². The summed E-state index contributed by atoms with van der Waals surface area (Å²) in [5.41, 5.74) is 0. The zero-order valence-electron chi connectivity index (χ0n) is 7.54. The highest BCUT2D eigenvalue weighted by atomic mass is 32.2. The van der Waals surface area contributed by atoms with Crippen LogP contribution in [0, 0.1) is 5.92 Å². The number of hydrogen-bond donors (Lipinski definition) is 2. The zero-order valence-corrected chi connectivity index (χ0v) is 8.43. The SMILES string of the molecule is O=C(O)[SH]1C([C@@H]2C[C@@H]2F)=Nc2cncn21. The number of nitrogens with zero attached hydrogens (tertiary/aromatic N) is 3. The van der Waals surface area contributed by atoms with Gasteiger partial charge in [-0.25, -0.2) is 19.2 Å². The third kappa shape index (κ3) is 1.19. The van der Waals surface area contributed by atoms with Crippen LogP contribution < -0.4 is 0 Å². The van der Waals surface area contributed by atoms with Crippen LogP contribution in [-0.4, -0.2) is 30.6 Å². The van der Waals surface area contributed by atoms with Gasteiger partial charge in [0.1, 0.15) is 12.5 Å². The summed E-state index contributed by atoms with van der Waals surface area (Å²) in [6.45, 7) is 0. The first-order chi connectivity index (χ1) is 7.18. The second kappa shape index (κ2) is 2.82. The predicted molar refractivity (Wildman–Crippen MR) is 54.7 cm³/mol. The Morgan fingerprint density at radius 1 is 1.73 bits per heavy atom. The molecule has 2 aliphatic rings. The van der Waals surface area contributed by atoms with E-state index in [0.717, 1.165) is 0 Å². The average Bonchev–Trinajstić information content (AvgIpc) is 2.62. The molecule has 1 unspecified atom stereocenters. The summed E-state index contributed by atoms with van der Waals surface area (Å²) >= 11 is -1.57. The fourth-order valence-electron chi connectivity index (χ4n) is 1.65. The van der Waals surface area contributed by atoms with Gasteiger partial charge in [0.15, 0.2) is 5.82 Å². The number of carbonyl (C=O) groups is 1. The second-order valence-corrected chi connectivity index (χ2v) is 5.41. The van der Waals surface area contributed by atoms with Crippen molar-refractivity contribution in [3.63, 3.8) is 0 Å². The monoisotopic (exact) mass is 229 g/mol. The van der Waals surface area contributed by atoms with E-state index in [1.807, 2.05) is 0 Å². The van der Waals surface area contributed by atoms with Gasteiger partial charge < -0.3 is 5.11 Å². The summed E-state index contributed by atoms with van der Waals surface area (Å²) in [7, 11) is 0. The lowest BCUT2D eigenvalue weighted by Crippen LogP contribution is -2.11. The van der Waals surface area contributed by atoms with E-state index in [2.05, 4.69) is 9.98 Å². The molecule has 3 rings (SSSR count). The maximum atomic E-state index is 12.9. The quantitative estimate of drug-likeness (QED) is 0.720. The van der Waals surface area contributed by atoms with Gasteiger partial charge in [0.25, 0.3) is 0 Å². The van der Waals surface area contributed by atoms with Gasteiger partial charge in [0, 0.05) is 5.92 Å². The molecule has 1 N–H and O–H groups in total. The van der Waals surface area contributed by atoms with E-state index in [1.165, 1.54) is 16.5 Å². The van der Waals surface area contributed by atoms with Crippen molar-refractivity contribution in [1.82, 2.24) is 8.96 Å². The first-order valence-corrected chi connectivity index (χ1v) is 5.76. The van der Waals surface area contributed by atoms with E-state index < -0.39 is 22.6 Å². The molecule has 0 amide bonds. The average molecular weight is 229 g/mol. The molecule has 2 heterocycles. The molecule has 80 valence electrons. The number of imidazole rings is 1. The molecule has 1 saturated carbocycles. The zero-order chi connectivity index (χ0) is 10.6. The molecule has 1 aromatic heterocycles. The lowest BCUT2D eigenvalue weighted by atomic mass is 10.4. The van der Waals surface area contributed by atoms with Crippen LogP contribution in [0.2, 0.25) is 0 Å². The van der Waals surface area contributed by atoms with Gasteiger partial charge in [-0.2, -0.15) is 0 Å². The van der Waals surface area contributed by atoms with Crippen LogP contribution in [0.5, 0.6) is 0 Å². The molecule has 0 saturated heterocycles. The molecule has 1 aliphatic carbocycles. The minimum Gasteiger partial charge on any atom is -0.473 e. The smallest absolute Gasteiger partial charge is 0.367 e. The van der Waals surface area contributed by atoms with Crippen LogP contribution in [0.3, 0.4) is 0 Å². The van der Waals surface area contributed by atoms with Gasteiger partial charge in [-0.3, -0.25) is 3.97 Å². The first kappa shape index (κ1) is 8.90. The number of hydrogen-bond acceptors (Lipinski definition) is 3. The van der Waals surface area contributed by atoms with Crippen LogP contribution in [0.1, 0.15) is 6.42 Å². The Balaban J connectivity index is 2.02. The topological polar surface area (TPSA) is 67.5 Å². The maximum absolute atomic E-state index is 12.9. The summed E-state index contributed by atoms with van der Waals surface area (Å²) in [6.07, 6.45) is 2.44. The molecule has 0 spiro atoms. The van der Waals surface area contributed by atoms with Crippen molar-refractivity contribution in [3.05, 3.63) is 12.5 Å². The summed E-state index contributed by atoms with van der Waals surface area (Å²) in [5.74, 6) is 0.240. The molecule has 7 heteroatoms. The Kier molecular flexibility index (Phi) is 1.67. The van der Waals surface area contributed by atoms with Gasteiger partial charge in [-0.05, 0) is 17.5 Å². The van der Waals surface area contributed by atoms with Crippen molar-refractivity contribution in [2.45, 2.75) is 12.6 Å². The molecular weight excluding hydrogens is 221 g/mol. The molecule has 15 heavy (non-hydrogen) atoms. The second-order valence-electron chi connectivity index (χ2n) is 3.52. The Morgan fingerprint density at radius 2 is 2.47 bits per heavy atom. The van der Waals surface area contributed by atoms with Crippen molar-refractivity contribution >= 4 is 27.2 Å². The molecule has 1 aromatic rings. The number of carboxylic acid groups (broad SMARTS) is 1. The van der Waals surface area contributed by atoms with E-state index in [4.69, 9.17) is 5.11 Å².